The summed E-state index contributed by atoms with van der Waals surface area (Å²) in [6.45, 7) is 0.242. The van der Waals surface area contributed by atoms with Crippen LogP contribution in [-0.4, -0.2) is 28.5 Å². The molecule has 7 nitrogen and oxygen atoms in total. The summed E-state index contributed by atoms with van der Waals surface area (Å²) in [5.41, 5.74) is 0.242. The van der Waals surface area contributed by atoms with Crippen molar-refractivity contribution in [3.8, 4) is 0 Å². The number of carboxylic acids is 1. The van der Waals surface area contributed by atoms with Crippen LogP contribution in [0.4, 0.5) is 5.69 Å². The fraction of sp³-hybridized carbons (Fsp3) is 0.333. The van der Waals surface area contributed by atoms with E-state index in [9.17, 15) is 19.7 Å². The minimum Gasteiger partial charge on any atom is -0.481 e. The third-order valence-electron chi connectivity index (χ3n) is 2.43. The molecule has 0 aliphatic carbocycles. The lowest BCUT2D eigenvalue weighted by atomic mass is 10.1. The second-order valence-electron chi connectivity index (χ2n) is 3.91. The number of nitro groups is 1. The van der Waals surface area contributed by atoms with Gasteiger partial charge in [0.25, 0.3) is 5.69 Å². The monoisotopic (exact) mass is 266 g/mol. The molecular formula is C12H14N2O5. The number of carbonyl (C=O) groups is 2. The van der Waals surface area contributed by atoms with E-state index in [0.717, 1.165) is 0 Å². The van der Waals surface area contributed by atoms with Gasteiger partial charge in [-0.05, 0) is 6.42 Å². The first-order chi connectivity index (χ1) is 9.00. The number of benzene rings is 1. The van der Waals surface area contributed by atoms with Gasteiger partial charge in [0.05, 0.1) is 11.3 Å². The molecule has 0 aliphatic rings. The number of carbonyl (C=O) groups excluding carboxylic acids is 1. The lowest BCUT2D eigenvalue weighted by Gasteiger charge is -2.04. The van der Waals surface area contributed by atoms with E-state index in [0.29, 0.717) is 12.0 Å². The van der Waals surface area contributed by atoms with Gasteiger partial charge in [-0.25, -0.2) is 0 Å². The maximum atomic E-state index is 11.6. The van der Waals surface area contributed by atoms with Crippen LogP contribution in [0.5, 0.6) is 0 Å². The van der Waals surface area contributed by atoms with Crippen molar-refractivity contribution in [2.75, 3.05) is 6.54 Å². The molecule has 0 bridgehead atoms. The van der Waals surface area contributed by atoms with Gasteiger partial charge >= 0.3 is 5.97 Å². The molecule has 0 fully saturated rings. The third kappa shape index (κ3) is 5.15. The molecule has 2 N–H and O–H groups in total. The van der Waals surface area contributed by atoms with Crippen LogP contribution in [0.25, 0.3) is 0 Å². The highest BCUT2D eigenvalue weighted by Crippen LogP contribution is 2.17. The Balaban J connectivity index is 2.48. The van der Waals surface area contributed by atoms with Crippen LogP contribution in [0.2, 0.25) is 0 Å². The number of amides is 1. The Morgan fingerprint density at radius 1 is 1.32 bits per heavy atom. The fourth-order valence-electron chi connectivity index (χ4n) is 1.54. The first-order valence-electron chi connectivity index (χ1n) is 5.71. The molecule has 1 amide bonds. The van der Waals surface area contributed by atoms with Crippen molar-refractivity contribution < 1.29 is 19.6 Å². The Hall–Kier alpha value is -2.44. The molecule has 0 heterocycles. The normalized spacial score (nSPS) is 9.89. The van der Waals surface area contributed by atoms with Gasteiger partial charge in [-0.1, -0.05) is 18.2 Å². The molecule has 0 aromatic heterocycles. The quantitative estimate of drug-likeness (QED) is 0.436. The van der Waals surface area contributed by atoms with Crippen LogP contribution in [0.1, 0.15) is 18.4 Å². The standard InChI is InChI=1S/C12H14N2O5/c15-11(13-7-3-6-12(16)17)8-9-4-1-2-5-10(9)14(18)19/h1-2,4-5H,3,6-8H2,(H,13,15)(H,16,17). The lowest BCUT2D eigenvalue weighted by molar-refractivity contribution is -0.385. The third-order valence-corrected chi connectivity index (χ3v) is 2.43. The van der Waals surface area contributed by atoms with E-state index in [1.54, 1.807) is 6.07 Å². The minimum atomic E-state index is -0.923. The Morgan fingerprint density at radius 2 is 2.00 bits per heavy atom. The van der Waals surface area contributed by atoms with E-state index in [4.69, 9.17) is 5.11 Å². The fourth-order valence-corrected chi connectivity index (χ4v) is 1.54. The maximum Gasteiger partial charge on any atom is 0.303 e. The summed E-state index contributed by atoms with van der Waals surface area (Å²) in [6, 6.07) is 6.02. The summed E-state index contributed by atoms with van der Waals surface area (Å²) >= 11 is 0. The van der Waals surface area contributed by atoms with Crippen molar-refractivity contribution in [3.63, 3.8) is 0 Å². The van der Waals surface area contributed by atoms with Crippen molar-refractivity contribution in [1.82, 2.24) is 5.32 Å². The number of hydrogen-bond donors (Lipinski definition) is 2. The highest BCUT2D eigenvalue weighted by atomic mass is 16.6. The average Bonchev–Trinajstić information content (AvgIpc) is 2.35. The molecule has 0 saturated heterocycles. The number of rotatable bonds is 7. The Kier molecular flexibility index (Phi) is 5.46. The molecule has 0 radical (unpaired) electrons. The van der Waals surface area contributed by atoms with Gasteiger partial charge in [-0.15, -0.1) is 0 Å². The number of carboxylic acid groups (broad SMARTS) is 1. The summed E-state index contributed by atoms with van der Waals surface area (Å²) in [7, 11) is 0. The zero-order valence-corrected chi connectivity index (χ0v) is 10.2. The van der Waals surface area contributed by atoms with Gasteiger partial charge in [-0.2, -0.15) is 0 Å². The molecule has 0 spiro atoms. The van der Waals surface area contributed by atoms with Crippen LogP contribution < -0.4 is 5.32 Å². The Labute approximate surface area is 109 Å². The van der Waals surface area contributed by atoms with Crippen LogP contribution in [0.15, 0.2) is 24.3 Å². The predicted octanol–water partition coefficient (Wildman–Crippen LogP) is 1.12. The van der Waals surface area contributed by atoms with Crippen molar-refractivity contribution in [2.24, 2.45) is 0 Å². The summed E-state index contributed by atoms with van der Waals surface area (Å²) in [5.74, 6) is -1.28. The molecule has 0 saturated carbocycles. The smallest absolute Gasteiger partial charge is 0.303 e. The van der Waals surface area contributed by atoms with E-state index in [2.05, 4.69) is 5.32 Å². The molecule has 1 rings (SSSR count). The van der Waals surface area contributed by atoms with E-state index in [1.165, 1.54) is 18.2 Å². The molecule has 19 heavy (non-hydrogen) atoms. The highest BCUT2D eigenvalue weighted by molar-refractivity contribution is 5.79. The van der Waals surface area contributed by atoms with Gasteiger partial charge in [-0.3, -0.25) is 19.7 Å². The molecule has 1 aromatic carbocycles. The first kappa shape index (κ1) is 14.6. The number of nitro benzene ring substituents is 1. The van der Waals surface area contributed by atoms with Crippen molar-refractivity contribution in [2.45, 2.75) is 19.3 Å². The largest absolute Gasteiger partial charge is 0.481 e. The summed E-state index contributed by atoms with van der Waals surface area (Å²) in [5, 5.41) is 21.7. The Morgan fingerprint density at radius 3 is 2.63 bits per heavy atom. The van der Waals surface area contributed by atoms with Crippen molar-refractivity contribution in [3.05, 3.63) is 39.9 Å². The summed E-state index contributed by atoms with van der Waals surface area (Å²) < 4.78 is 0. The molecule has 1 aromatic rings. The summed E-state index contributed by atoms with van der Waals surface area (Å²) in [4.78, 5) is 32.0. The van der Waals surface area contributed by atoms with Gasteiger partial charge < -0.3 is 10.4 Å². The van der Waals surface area contributed by atoms with Crippen LogP contribution in [0, 0.1) is 10.1 Å². The molecule has 102 valence electrons. The molecule has 7 heteroatoms. The second-order valence-corrected chi connectivity index (χ2v) is 3.91. The zero-order chi connectivity index (χ0) is 14.3. The number of aliphatic carboxylic acids is 1. The van der Waals surface area contributed by atoms with Crippen LogP contribution >= 0.6 is 0 Å². The SMILES string of the molecule is O=C(O)CCCNC(=O)Cc1ccccc1[N+](=O)[O-]. The van der Waals surface area contributed by atoms with E-state index < -0.39 is 10.9 Å². The van der Waals surface area contributed by atoms with Gasteiger partial charge in [0, 0.05) is 24.6 Å². The predicted molar refractivity (Wildman–Crippen MR) is 66.7 cm³/mol. The Bertz CT molecular complexity index is 487. The number of para-hydroxylation sites is 1. The van der Waals surface area contributed by atoms with Crippen molar-refractivity contribution >= 4 is 17.6 Å². The molecule has 0 unspecified atom stereocenters. The van der Waals surface area contributed by atoms with Crippen LogP contribution in [0.3, 0.4) is 0 Å². The van der Waals surface area contributed by atoms with Gasteiger partial charge in [0.1, 0.15) is 0 Å². The van der Waals surface area contributed by atoms with Crippen molar-refractivity contribution in [1.29, 1.82) is 0 Å². The minimum absolute atomic E-state index is 0.0221. The van der Waals surface area contributed by atoms with E-state index >= 15 is 0 Å². The first-order valence-corrected chi connectivity index (χ1v) is 5.71. The molecule has 0 atom stereocenters. The number of nitrogens with one attached hydrogen (secondary N) is 1. The van der Waals surface area contributed by atoms with E-state index in [1.807, 2.05) is 0 Å². The topological polar surface area (TPSA) is 110 Å². The van der Waals surface area contributed by atoms with E-state index in [-0.39, 0.29) is 31.0 Å². The molecule has 0 aliphatic heterocycles. The van der Waals surface area contributed by atoms with Gasteiger partial charge in [0.15, 0.2) is 0 Å². The average molecular weight is 266 g/mol. The second kappa shape index (κ2) is 7.10. The number of hydrogen-bond acceptors (Lipinski definition) is 4. The van der Waals surface area contributed by atoms with Gasteiger partial charge in [0.2, 0.25) is 5.91 Å². The maximum absolute atomic E-state index is 11.6. The lowest BCUT2D eigenvalue weighted by Crippen LogP contribution is -2.26. The summed E-state index contributed by atoms with van der Waals surface area (Å²) in [6.07, 6.45) is 0.216. The molecular weight excluding hydrogens is 252 g/mol. The van der Waals surface area contributed by atoms with Crippen LogP contribution in [-0.2, 0) is 16.0 Å². The zero-order valence-electron chi connectivity index (χ0n) is 10.2. The number of nitrogens with zero attached hydrogens (tertiary/aromatic N) is 1. The highest BCUT2D eigenvalue weighted by Gasteiger charge is 2.15.